The maximum atomic E-state index is 12.7. The summed E-state index contributed by atoms with van der Waals surface area (Å²) in [4.78, 5) is 23.4. The van der Waals surface area contributed by atoms with Crippen molar-refractivity contribution in [2.45, 2.75) is 57.4 Å². The van der Waals surface area contributed by atoms with Gasteiger partial charge in [0.1, 0.15) is 5.82 Å². The first-order valence-electron chi connectivity index (χ1n) is 11.2. The second-order valence-electron chi connectivity index (χ2n) is 8.10. The van der Waals surface area contributed by atoms with E-state index in [-0.39, 0.29) is 29.9 Å². The second kappa shape index (κ2) is 13.7. The molecule has 0 spiro atoms. The van der Waals surface area contributed by atoms with Crippen molar-refractivity contribution in [2.75, 3.05) is 38.5 Å². The molecule has 3 N–H and O–H groups in total. The van der Waals surface area contributed by atoms with Gasteiger partial charge in [-0.3, -0.25) is 9.79 Å². The Bertz CT molecular complexity index is 650. The number of rotatable bonds is 8. The number of aliphatic imine (C=N–C) groups is 1. The molecule has 7 nitrogen and oxygen atoms in total. The number of pyridine rings is 1. The van der Waals surface area contributed by atoms with Crippen molar-refractivity contribution in [3.8, 4) is 0 Å². The van der Waals surface area contributed by atoms with Crippen LogP contribution >= 0.6 is 24.0 Å². The molecule has 2 fully saturated rings. The zero-order valence-electron chi connectivity index (χ0n) is 18.1. The summed E-state index contributed by atoms with van der Waals surface area (Å²) >= 11 is 0. The van der Waals surface area contributed by atoms with E-state index in [2.05, 4.69) is 30.8 Å². The minimum atomic E-state index is 0. The number of aromatic nitrogens is 1. The number of hydrogen-bond acceptors (Lipinski definition) is 4. The van der Waals surface area contributed by atoms with Crippen molar-refractivity contribution in [3.63, 3.8) is 0 Å². The number of carbonyl (C=O) groups is 1. The number of nitrogens with zero attached hydrogens (tertiary/aromatic N) is 3. The first-order chi connectivity index (χ1) is 14.3. The highest BCUT2D eigenvalue weighted by molar-refractivity contribution is 14.0. The van der Waals surface area contributed by atoms with Gasteiger partial charge in [0, 0.05) is 51.4 Å². The van der Waals surface area contributed by atoms with E-state index in [1.54, 1.807) is 13.2 Å². The molecule has 1 saturated heterocycles. The van der Waals surface area contributed by atoms with E-state index in [1.807, 2.05) is 18.2 Å². The molecule has 1 aromatic rings. The predicted octanol–water partition coefficient (Wildman–Crippen LogP) is 3.24. The molecule has 1 atom stereocenters. The number of unbranched alkanes of at least 4 members (excludes halogenated alkanes) is 1. The number of amides is 1. The monoisotopic (exact) mass is 528 g/mol. The summed E-state index contributed by atoms with van der Waals surface area (Å²) in [5.74, 6) is 2.39. The Hall–Kier alpha value is -1.58. The molecular formula is C22H37IN6O. The molecule has 2 aliphatic rings. The van der Waals surface area contributed by atoms with E-state index in [4.69, 9.17) is 0 Å². The Kier molecular flexibility index (Phi) is 11.2. The van der Waals surface area contributed by atoms with Gasteiger partial charge in [0.25, 0.3) is 0 Å². The van der Waals surface area contributed by atoms with Crippen LogP contribution in [0.25, 0.3) is 0 Å². The number of likely N-dealkylation sites (tertiary alicyclic amines) is 1. The van der Waals surface area contributed by atoms with Crippen LogP contribution in [-0.2, 0) is 4.79 Å². The highest BCUT2D eigenvalue weighted by Crippen LogP contribution is 2.26. The normalized spacial score (nSPS) is 19.8. The molecular weight excluding hydrogens is 491 g/mol. The Labute approximate surface area is 197 Å². The fraction of sp³-hybridized carbons (Fsp3) is 0.682. The Balaban J connectivity index is 0.00000320. The minimum Gasteiger partial charge on any atom is -0.370 e. The molecule has 0 bridgehead atoms. The molecule has 1 aliphatic carbocycles. The smallest absolute Gasteiger partial charge is 0.225 e. The molecule has 3 rings (SSSR count). The number of nitrogens with one attached hydrogen (secondary N) is 3. The fourth-order valence-corrected chi connectivity index (χ4v) is 4.21. The molecule has 1 aromatic heterocycles. The van der Waals surface area contributed by atoms with Crippen LogP contribution in [0.5, 0.6) is 0 Å². The van der Waals surface area contributed by atoms with Crippen LogP contribution in [0.2, 0.25) is 0 Å². The van der Waals surface area contributed by atoms with E-state index in [0.29, 0.717) is 11.9 Å². The summed E-state index contributed by atoms with van der Waals surface area (Å²) in [6, 6.07) is 6.18. The topological polar surface area (TPSA) is 81.7 Å². The van der Waals surface area contributed by atoms with Gasteiger partial charge in [0.2, 0.25) is 5.91 Å². The van der Waals surface area contributed by atoms with Gasteiger partial charge in [0.15, 0.2) is 5.96 Å². The molecule has 1 amide bonds. The third-order valence-corrected chi connectivity index (χ3v) is 5.89. The van der Waals surface area contributed by atoms with E-state index in [9.17, 15) is 4.79 Å². The lowest BCUT2D eigenvalue weighted by Gasteiger charge is -2.26. The molecule has 0 aromatic carbocycles. The van der Waals surface area contributed by atoms with E-state index < -0.39 is 0 Å². The number of hydrogen-bond donors (Lipinski definition) is 3. The summed E-state index contributed by atoms with van der Waals surface area (Å²) in [7, 11) is 1.80. The largest absolute Gasteiger partial charge is 0.370 e. The summed E-state index contributed by atoms with van der Waals surface area (Å²) < 4.78 is 0. The van der Waals surface area contributed by atoms with Crippen LogP contribution in [0.15, 0.2) is 29.4 Å². The molecule has 0 radical (unpaired) electrons. The van der Waals surface area contributed by atoms with Crippen LogP contribution in [-0.4, -0.2) is 61.0 Å². The van der Waals surface area contributed by atoms with Crippen molar-refractivity contribution in [1.82, 2.24) is 20.5 Å². The van der Waals surface area contributed by atoms with Crippen molar-refractivity contribution in [3.05, 3.63) is 24.4 Å². The number of carbonyl (C=O) groups excluding carboxylic acids is 1. The minimum absolute atomic E-state index is 0. The zero-order valence-corrected chi connectivity index (χ0v) is 20.4. The van der Waals surface area contributed by atoms with E-state index in [0.717, 1.165) is 70.1 Å². The fourth-order valence-electron chi connectivity index (χ4n) is 4.21. The zero-order chi connectivity index (χ0) is 20.3. The van der Waals surface area contributed by atoms with Gasteiger partial charge in [-0.1, -0.05) is 25.3 Å². The summed E-state index contributed by atoms with van der Waals surface area (Å²) in [6.45, 7) is 3.44. The summed E-state index contributed by atoms with van der Waals surface area (Å²) in [6.07, 6.45) is 10.8. The molecule has 1 saturated carbocycles. The number of halogens is 1. The highest BCUT2D eigenvalue weighted by atomic mass is 127. The van der Waals surface area contributed by atoms with Crippen LogP contribution in [0, 0.1) is 5.92 Å². The van der Waals surface area contributed by atoms with Gasteiger partial charge >= 0.3 is 0 Å². The highest BCUT2D eigenvalue weighted by Gasteiger charge is 2.31. The SMILES string of the molecule is CN=C(NCCCCNc1ccccn1)NC1CCN(C(=O)C2CCCCC2)C1.I. The van der Waals surface area contributed by atoms with Gasteiger partial charge in [-0.25, -0.2) is 4.98 Å². The first-order valence-corrected chi connectivity index (χ1v) is 11.2. The average Bonchev–Trinajstić information content (AvgIpc) is 3.24. The summed E-state index contributed by atoms with van der Waals surface area (Å²) in [5, 5.41) is 10.2. The Morgan fingerprint density at radius 2 is 1.97 bits per heavy atom. The van der Waals surface area contributed by atoms with Crippen LogP contribution in [0.4, 0.5) is 5.82 Å². The Morgan fingerprint density at radius 3 is 2.70 bits per heavy atom. The average molecular weight is 528 g/mol. The molecule has 168 valence electrons. The number of guanidine groups is 1. The maximum Gasteiger partial charge on any atom is 0.225 e. The van der Waals surface area contributed by atoms with Gasteiger partial charge in [0.05, 0.1) is 0 Å². The third kappa shape index (κ3) is 7.92. The molecule has 1 aliphatic heterocycles. The van der Waals surface area contributed by atoms with E-state index in [1.165, 1.54) is 19.3 Å². The van der Waals surface area contributed by atoms with Gasteiger partial charge in [-0.15, -0.1) is 24.0 Å². The van der Waals surface area contributed by atoms with E-state index >= 15 is 0 Å². The summed E-state index contributed by atoms with van der Waals surface area (Å²) in [5.41, 5.74) is 0. The van der Waals surface area contributed by atoms with Crippen LogP contribution in [0.3, 0.4) is 0 Å². The van der Waals surface area contributed by atoms with Crippen molar-refractivity contribution >= 4 is 41.7 Å². The van der Waals surface area contributed by atoms with Gasteiger partial charge in [-0.2, -0.15) is 0 Å². The predicted molar refractivity (Wildman–Crippen MR) is 133 cm³/mol. The molecule has 8 heteroatoms. The van der Waals surface area contributed by atoms with Gasteiger partial charge in [-0.05, 0) is 44.2 Å². The quantitative estimate of drug-likeness (QED) is 0.209. The second-order valence-corrected chi connectivity index (χ2v) is 8.10. The standard InChI is InChI=1S/C22H36N6O.HI/c1-23-22(26-15-8-7-14-25-20-11-5-6-13-24-20)27-19-12-16-28(17-19)21(29)18-9-3-2-4-10-18;/h5-6,11,13,18-19H,2-4,7-10,12,14-17H2,1H3,(H,24,25)(H2,23,26,27);1H. The molecule has 30 heavy (non-hydrogen) atoms. The van der Waals surface area contributed by atoms with Gasteiger partial charge < -0.3 is 20.9 Å². The molecule has 1 unspecified atom stereocenters. The van der Waals surface area contributed by atoms with Crippen molar-refractivity contribution < 1.29 is 4.79 Å². The number of anilines is 1. The van der Waals surface area contributed by atoms with Crippen molar-refractivity contribution in [1.29, 1.82) is 0 Å². The first kappa shape index (κ1) is 24.7. The maximum absolute atomic E-state index is 12.7. The third-order valence-electron chi connectivity index (χ3n) is 5.89. The molecule has 2 heterocycles. The van der Waals surface area contributed by atoms with Crippen molar-refractivity contribution in [2.24, 2.45) is 10.9 Å². The lowest BCUT2D eigenvalue weighted by atomic mass is 9.88. The lowest BCUT2D eigenvalue weighted by molar-refractivity contribution is -0.135. The van der Waals surface area contributed by atoms with Crippen LogP contribution < -0.4 is 16.0 Å². The Morgan fingerprint density at radius 1 is 1.17 bits per heavy atom. The lowest BCUT2D eigenvalue weighted by Crippen LogP contribution is -2.45. The van der Waals surface area contributed by atoms with Crippen LogP contribution in [0.1, 0.15) is 51.4 Å².